The van der Waals surface area contributed by atoms with Crippen molar-refractivity contribution in [2.45, 2.75) is 75.4 Å². The van der Waals surface area contributed by atoms with Crippen LogP contribution in [0.2, 0.25) is 0 Å². The van der Waals surface area contributed by atoms with E-state index in [9.17, 15) is 27.7 Å². The number of carbonyl (C=O) groups is 3. The predicted molar refractivity (Wildman–Crippen MR) is 150 cm³/mol. The number of amides is 3. The fourth-order valence-corrected chi connectivity index (χ4v) is 7.66. The van der Waals surface area contributed by atoms with Gasteiger partial charge in [0.25, 0.3) is 5.91 Å². The minimum Gasteiger partial charge on any atom is -0.340 e. The first kappa shape index (κ1) is 28.9. The number of nitrogens with zero attached hydrogens (tertiary/aromatic N) is 3. The molecule has 3 atom stereocenters. The van der Waals surface area contributed by atoms with E-state index in [1.165, 1.54) is 12.1 Å². The standard InChI is InChI=1S/C28H29F2N4O6PS/c29-28(30,41(38,39)40)19-5-8-23-17(11-19)12-24(42-23)25(35)32-21-4-2-1-3-20-6-7-22(34(20)26(21)36)27(37)33-14-16-9-10-31-13-18(16)15-33/h5,8-13,20-22H,1-4,6-7,14-15H2,(H,32,35)(H2,38,39,40)/t20-,21-,22-/m0/s1. The van der Waals surface area contributed by atoms with Crippen LogP contribution in [0.25, 0.3) is 10.1 Å². The van der Waals surface area contributed by atoms with Gasteiger partial charge in [0.05, 0.1) is 4.88 Å². The van der Waals surface area contributed by atoms with Gasteiger partial charge in [-0.2, -0.15) is 8.78 Å². The fourth-order valence-electron chi connectivity index (χ4n) is 6.23. The fraction of sp³-hybridized carbons (Fsp3) is 0.429. The van der Waals surface area contributed by atoms with Gasteiger partial charge in [0.15, 0.2) is 0 Å². The smallest absolute Gasteiger partial charge is 0.340 e. The molecule has 0 unspecified atom stereocenters. The van der Waals surface area contributed by atoms with E-state index in [4.69, 9.17) is 9.79 Å². The first-order chi connectivity index (χ1) is 19.9. The highest BCUT2D eigenvalue weighted by atomic mass is 32.1. The third-order valence-corrected chi connectivity index (χ3v) is 10.5. The van der Waals surface area contributed by atoms with Crippen LogP contribution in [-0.4, -0.2) is 60.4 Å². The largest absolute Gasteiger partial charge is 0.399 e. The number of pyridine rings is 1. The van der Waals surface area contributed by atoms with Crippen LogP contribution in [-0.2, 0) is 32.9 Å². The lowest BCUT2D eigenvalue weighted by molar-refractivity contribution is -0.147. The molecule has 6 rings (SSSR count). The van der Waals surface area contributed by atoms with Crippen molar-refractivity contribution in [1.82, 2.24) is 20.1 Å². The molecule has 10 nitrogen and oxygen atoms in total. The van der Waals surface area contributed by atoms with Crippen LogP contribution in [0.3, 0.4) is 0 Å². The molecule has 222 valence electrons. The van der Waals surface area contributed by atoms with Crippen molar-refractivity contribution in [1.29, 1.82) is 0 Å². The Morgan fingerprint density at radius 3 is 2.57 bits per heavy atom. The van der Waals surface area contributed by atoms with Gasteiger partial charge >= 0.3 is 13.3 Å². The summed E-state index contributed by atoms with van der Waals surface area (Å²) in [5.41, 5.74) is -3.19. The van der Waals surface area contributed by atoms with Crippen LogP contribution in [0.5, 0.6) is 0 Å². The van der Waals surface area contributed by atoms with E-state index in [1.807, 2.05) is 6.07 Å². The monoisotopic (exact) mass is 618 g/mol. The van der Waals surface area contributed by atoms with Crippen LogP contribution < -0.4 is 5.32 Å². The number of alkyl halides is 2. The maximum Gasteiger partial charge on any atom is 0.399 e. The van der Waals surface area contributed by atoms with E-state index >= 15 is 0 Å². The molecular formula is C28H29F2N4O6PS. The summed E-state index contributed by atoms with van der Waals surface area (Å²) in [7, 11) is -5.74. The lowest BCUT2D eigenvalue weighted by atomic mass is 9.99. The molecule has 5 heterocycles. The van der Waals surface area contributed by atoms with Crippen LogP contribution >= 0.6 is 18.9 Å². The molecule has 0 aliphatic carbocycles. The normalized spacial score (nSPS) is 23.0. The summed E-state index contributed by atoms with van der Waals surface area (Å²) in [5, 5.41) is 3.04. The molecule has 0 spiro atoms. The van der Waals surface area contributed by atoms with Gasteiger partial charge in [-0.3, -0.25) is 23.9 Å². The molecule has 0 saturated carbocycles. The van der Waals surface area contributed by atoms with E-state index in [-0.39, 0.29) is 28.1 Å². The summed E-state index contributed by atoms with van der Waals surface area (Å²) in [6.45, 7) is 0.910. The summed E-state index contributed by atoms with van der Waals surface area (Å²) >= 11 is 1.03. The molecule has 3 amide bonds. The number of nitrogens with one attached hydrogen (secondary N) is 1. The molecule has 3 aromatic rings. The van der Waals surface area contributed by atoms with Gasteiger partial charge in [0.2, 0.25) is 11.8 Å². The van der Waals surface area contributed by atoms with Crippen molar-refractivity contribution in [2.75, 3.05) is 0 Å². The maximum absolute atomic E-state index is 14.2. The van der Waals surface area contributed by atoms with Gasteiger partial charge in [0.1, 0.15) is 12.1 Å². The molecule has 0 radical (unpaired) electrons. The molecule has 3 N–H and O–H groups in total. The Labute approximate surface area is 243 Å². The van der Waals surface area contributed by atoms with E-state index < -0.39 is 36.8 Å². The maximum atomic E-state index is 14.2. The van der Waals surface area contributed by atoms with Crippen molar-refractivity contribution < 1.29 is 37.5 Å². The second kappa shape index (κ2) is 10.8. The van der Waals surface area contributed by atoms with Gasteiger partial charge < -0.3 is 24.9 Å². The van der Waals surface area contributed by atoms with Crippen molar-refractivity contribution in [3.8, 4) is 0 Å². The number of hydrogen-bond acceptors (Lipinski definition) is 6. The van der Waals surface area contributed by atoms with E-state index in [0.29, 0.717) is 37.1 Å². The molecule has 2 aromatic heterocycles. The SMILES string of the molecule is O=C(N[C@H]1CCCC[C@H]2CC[C@@H](C(=O)N3Cc4ccncc4C3)N2C1=O)c1cc2cc(C(F)(F)P(=O)(O)O)ccc2s1. The Morgan fingerprint density at radius 1 is 1.05 bits per heavy atom. The van der Waals surface area contributed by atoms with Gasteiger partial charge in [-0.15, -0.1) is 11.3 Å². The molecule has 42 heavy (non-hydrogen) atoms. The minimum absolute atomic E-state index is 0.0868. The zero-order valence-electron chi connectivity index (χ0n) is 22.4. The first-order valence-corrected chi connectivity index (χ1v) is 16.2. The number of thiophene rings is 1. The second-order valence-corrected chi connectivity index (χ2v) is 13.8. The summed E-state index contributed by atoms with van der Waals surface area (Å²) in [4.78, 5) is 66.7. The highest BCUT2D eigenvalue weighted by Gasteiger charge is 2.50. The third kappa shape index (κ3) is 5.12. The summed E-state index contributed by atoms with van der Waals surface area (Å²) < 4.78 is 40.2. The van der Waals surface area contributed by atoms with Crippen LogP contribution in [0.4, 0.5) is 8.78 Å². The summed E-state index contributed by atoms with van der Waals surface area (Å²) in [6.07, 6.45) is 7.48. The second-order valence-electron chi connectivity index (χ2n) is 11.1. The third-order valence-electron chi connectivity index (χ3n) is 8.42. The number of benzene rings is 1. The number of aromatic nitrogens is 1. The lowest BCUT2D eigenvalue weighted by Gasteiger charge is -2.36. The molecular weight excluding hydrogens is 589 g/mol. The quantitative estimate of drug-likeness (QED) is 0.366. The van der Waals surface area contributed by atoms with Crippen molar-refractivity contribution in [3.63, 3.8) is 0 Å². The van der Waals surface area contributed by atoms with Crippen LogP contribution in [0, 0.1) is 0 Å². The van der Waals surface area contributed by atoms with Crippen LogP contribution in [0.1, 0.15) is 64.9 Å². The van der Waals surface area contributed by atoms with Crippen molar-refractivity contribution in [2.24, 2.45) is 0 Å². The van der Waals surface area contributed by atoms with Crippen molar-refractivity contribution in [3.05, 3.63) is 64.3 Å². The van der Waals surface area contributed by atoms with E-state index in [2.05, 4.69) is 10.3 Å². The van der Waals surface area contributed by atoms with Gasteiger partial charge in [-0.25, -0.2) is 0 Å². The molecule has 3 aliphatic rings. The molecule has 2 saturated heterocycles. The Balaban J connectivity index is 1.20. The zero-order chi connectivity index (χ0) is 29.8. The Kier molecular flexibility index (Phi) is 7.41. The van der Waals surface area contributed by atoms with Gasteiger partial charge in [-0.05, 0) is 66.5 Å². The zero-order valence-corrected chi connectivity index (χ0v) is 24.1. The van der Waals surface area contributed by atoms with Crippen LogP contribution in [0.15, 0.2) is 42.7 Å². The average molecular weight is 619 g/mol. The predicted octanol–water partition coefficient (Wildman–Crippen LogP) is 4.10. The van der Waals surface area contributed by atoms with Gasteiger partial charge in [0, 0.05) is 41.8 Å². The highest BCUT2D eigenvalue weighted by molar-refractivity contribution is 7.52. The summed E-state index contributed by atoms with van der Waals surface area (Å²) in [5.74, 6) is -0.966. The first-order valence-electron chi connectivity index (χ1n) is 13.7. The number of fused-ring (bicyclic) bond motifs is 3. The molecule has 2 fully saturated rings. The van der Waals surface area contributed by atoms with Gasteiger partial charge in [-0.1, -0.05) is 18.9 Å². The Morgan fingerprint density at radius 2 is 1.81 bits per heavy atom. The highest BCUT2D eigenvalue weighted by Crippen LogP contribution is 2.59. The number of rotatable bonds is 5. The topological polar surface area (TPSA) is 140 Å². The Bertz CT molecular complexity index is 1600. The molecule has 0 bridgehead atoms. The van der Waals surface area contributed by atoms with E-state index in [0.717, 1.165) is 53.9 Å². The molecule has 1 aromatic carbocycles. The van der Waals surface area contributed by atoms with E-state index in [1.54, 1.807) is 22.2 Å². The van der Waals surface area contributed by atoms with Crippen molar-refractivity contribution >= 4 is 46.7 Å². The summed E-state index contributed by atoms with van der Waals surface area (Å²) in [6, 6.07) is 4.88. The Hall–Kier alpha value is -3.25. The number of halogens is 2. The average Bonchev–Trinajstić information content (AvgIpc) is 3.68. The molecule has 14 heteroatoms. The lowest BCUT2D eigenvalue weighted by Crippen LogP contribution is -2.56. The molecule has 3 aliphatic heterocycles. The number of hydrogen-bond donors (Lipinski definition) is 3. The minimum atomic E-state index is -5.74. The number of carbonyl (C=O) groups excluding carboxylic acids is 3.